The fourth-order valence-electron chi connectivity index (χ4n) is 4.51. The molecule has 1 rings (SSSR count). The second kappa shape index (κ2) is 15.9. The van der Waals surface area contributed by atoms with Crippen LogP contribution in [0.1, 0.15) is 110 Å². The normalized spacial score (nSPS) is 23.4. The Hall–Kier alpha value is -0.120. The Balaban J connectivity index is 1.89. The molecule has 0 radical (unpaired) electrons. The van der Waals surface area contributed by atoms with Crippen LogP contribution in [-0.2, 0) is 0 Å². The predicted molar refractivity (Wildman–Crippen MR) is 112 cm³/mol. The molecule has 3 heteroatoms. The number of hydrogen-bond donors (Lipinski definition) is 2. The van der Waals surface area contributed by atoms with Crippen LogP contribution in [-0.4, -0.2) is 53.6 Å². The average molecular weight is 371 g/mol. The number of likely N-dealkylation sites (tertiary alicyclic amines) is 1. The van der Waals surface area contributed by atoms with Gasteiger partial charge in [0.2, 0.25) is 0 Å². The molecule has 156 valence electrons. The van der Waals surface area contributed by atoms with Crippen molar-refractivity contribution in [2.45, 2.75) is 116 Å². The van der Waals surface area contributed by atoms with Gasteiger partial charge in [-0.05, 0) is 12.8 Å². The first-order chi connectivity index (χ1) is 12.7. The maximum atomic E-state index is 9.73. The molecule has 0 amide bonds. The third-order valence-electron chi connectivity index (χ3n) is 6.43. The van der Waals surface area contributed by atoms with Crippen LogP contribution in [0.4, 0.5) is 0 Å². The zero-order valence-electron chi connectivity index (χ0n) is 17.8. The van der Waals surface area contributed by atoms with E-state index in [0.717, 1.165) is 37.0 Å². The largest absolute Gasteiger partial charge is 0.393 e. The van der Waals surface area contributed by atoms with Gasteiger partial charge in [0.25, 0.3) is 0 Å². The van der Waals surface area contributed by atoms with E-state index in [9.17, 15) is 10.2 Å². The van der Waals surface area contributed by atoms with E-state index in [-0.39, 0.29) is 12.7 Å². The molecule has 3 nitrogen and oxygen atoms in total. The molecule has 1 saturated heterocycles. The Bertz CT molecular complexity index is 301. The highest BCUT2D eigenvalue weighted by atomic mass is 16.3. The zero-order chi connectivity index (χ0) is 18.9. The van der Waals surface area contributed by atoms with Crippen molar-refractivity contribution >= 4 is 0 Å². The lowest BCUT2D eigenvalue weighted by atomic mass is 10.0. The number of aliphatic hydroxyl groups is 2. The molecule has 1 heterocycles. The van der Waals surface area contributed by atoms with E-state index >= 15 is 0 Å². The third-order valence-corrected chi connectivity index (χ3v) is 6.43. The van der Waals surface area contributed by atoms with Crippen LogP contribution in [0.2, 0.25) is 0 Å². The third kappa shape index (κ3) is 11.6. The molecule has 0 aliphatic carbocycles. The van der Waals surface area contributed by atoms with Crippen molar-refractivity contribution in [1.82, 2.24) is 0 Å². The summed E-state index contributed by atoms with van der Waals surface area (Å²) in [7, 11) is 0. The van der Waals surface area contributed by atoms with Crippen molar-refractivity contribution in [2.24, 2.45) is 0 Å². The van der Waals surface area contributed by atoms with Gasteiger partial charge >= 0.3 is 0 Å². The van der Waals surface area contributed by atoms with Crippen molar-refractivity contribution in [3.8, 4) is 0 Å². The molecule has 0 atom stereocenters. The molecule has 2 N–H and O–H groups in total. The first-order valence-corrected chi connectivity index (χ1v) is 11.9. The monoisotopic (exact) mass is 370 g/mol. The van der Waals surface area contributed by atoms with E-state index < -0.39 is 0 Å². The Morgan fingerprint density at radius 1 is 0.654 bits per heavy atom. The van der Waals surface area contributed by atoms with Crippen molar-refractivity contribution in [3.63, 3.8) is 0 Å². The van der Waals surface area contributed by atoms with Gasteiger partial charge in [-0.2, -0.15) is 0 Å². The standard InChI is InChI=1S/C23H48NO2/c1-2-3-4-5-6-7-8-9-10-11-12-13-14-15-18-24(21-22-25)19-16-23(26)17-20-24/h23,25-26H,2-22H2,1H3/q+1. The molecule has 1 fully saturated rings. The summed E-state index contributed by atoms with van der Waals surface area (Å²) in [4.78, 5) is 0. The van der Waals surface area contributed by atoms with Crippen LogP contribution in [0, 0.1) is 0 Å². The Kier molecular flexibility index (Phi) is 14.6. The summed E-state index contributed by atoms with van der Waals surface area (Å²) in [6, 6.07) is 0. The Labute approximate surface area is 163 Å². The molecule has 1 aliphatic heterocycles. The summed E-state index contributed by atoms with van der Waals surface area (Å²) in [6.45, 7) is 6.76. The van der Waals surface area contributed by atoms with Gasteiger partial charge < -0.3 is 14.7 Å². The topological polar surface area (TPSA) is 40.5 Å². The van der Waals surface area contributed by atoms with Crippen molar-refractivity contribution < 1.29 is 14.7 Å². The van der Waals surface area contributed by atoms with Gasteiger partial charge in [0.15, 0.2) is 0 Å². The predicted octanol–water partition coefficient (Wildman–Crippen LogP) is 5.43. The van der Waals surface area contributed by atoms with E-state index in [4.69, 9.17) is 0 Å². The highest BCUT2D eigenvalue weighted by Crippen LogP contribution is 2.21. The van der Waals surface area contributed by atoms with Gasteiger partial charge in [-0.3, -0.25) is 0 Å². The molecule has 1 aliphatic rings. The van der Waals surface area contributed by atoms with E-state index in [2.05, 4.69) is 6.92 Å². The van der Waals surface area contributed by atoms with Gasteiger partial charge in [-0.25, -0.2) is 0 Å². The first kappa shape index (κ1) is 23.9. The molecule has 0 aromatic heterocycles. The van der Waals surface area contributed by atoms with Crippen LogP contribution in [0.15, 0.2) is 0 Å². The average Bonchev–Trinajstić information content (AvgIpc) is 2.65. The molecular formula is C23H48NO2+. The van der Waals surface area contributed by atoms with Crippen LogP contribution in [0.5, 0.6) is 0 Å². The maximum absolute atomic E-state index is 9.73. The summed E-state index contributed by atoms with van der Waals surface area (Å²) in [5.74, 6) is 0. The number of nitrogens with zero attached hydrogens (tertiary/aromatic N) is 1. The van der Waals surface area contributed by atoms with Gasteiger partial charge in [-0.1, -0.05) is 84.0 Å². The van der Waals surface area contributed by atoms with Gasteiger partial charge in [-0.15, -0.1) is 0 Å². The molecule has 0 saturated carbocycles. The van der Waals surface area contributed by atoms with Crippen LogP contribution < -0.4 is 0 Å². The lowest BCUT2D eigenvalue weighted by Gasteiger charge is -2.42. The first-order valence-electron chi connectivity index (χ1n) is 11.9. The van der Waals surface area contributed by atoms with Crippen molar-refractivity contribution in [3.05, 3.63) is 0 Å². The molecular weight excluding hydrogens is 322 g/mol. The lowest BCUT2D eigenvalue weighted by molar-refractivity contribution is -0.933. The van der Waals surface area contributed by atoms with E-state index in [1.165, 1.54) is 96.4 Å². The highest BCUT2D eigenvalue weighted by Gasteiger charge is 2.32. The Morgan fingerprint density at radius 3 is 1.50 bits per heavy atom. The minimum Gasteiger partial charge on any atom is -0.393 e. The number of quaternary nitrogens is 1. The number of rotatable bonds is 17. The van der Waals surface area contributed by atoms with Crippen LogP contribution in [0.3, 0.4) is 0 Å². The summed E-state index contributed by atoms with van der Waals surface area (Å²) in [5, 5.41) is 19.1. The molecule has 0 unspecified atom stereocenters. The molecule has 0 bridgehead atoms. The fraction of sp³-hybridized carbons (Fsp3) is 1.00. The van der Waals surface area contributed by atoms with Crippen LogP contribution in [0.25, 0.3) is 0 Å². The molecule has 26 heavy (non-hydrogen) atoms. The lowest BCUT2D eigenvalue weighted by Crippen LogP contribution is -2.55. The van der Waals surface area contributed by atoms with Crippen molar-refractivity contribution in [1.29, 1.82) is 0 Å². The number of unbranched alkanes of at least 4 members (excludes halogenated alkanes) is 13. The minimum absolute atomic E-state index is 0.101. The van der Waals surface area contributed by atoms with E-state index in [1.54, 1.807) is 0 Å². The zero-order valence-corrected chi connectivity index (χ0v) is 17.8. The summed E-state index contributed by atoms with van der Waals surface area (Å²) >= 11 is 0. The van der Waals surface area contributed by atoms with Crippen LogP contribution >= 0.6 is 0 Å². The minimum atomic E-state index is -0.101. The molecule has 0 aromatic carbocycles. The Morgan fingerprint density at radius 2 is 1.08 bits per heavy atom. The van der Waals surface area contributed by atoms with E-state index in [0.29, 0.717) is 0 Å². The SMILES string of the molecule is CCCCCCCCCCCCCCCC[N+]1(CCO)CCC(O)CC1. The van der Waals surface area contributed by atoms with Crippen molar-refractivity contribution in [2.75, 3.05) is 32.8 Å². The molecule has 0 aromatic rings. The summed E-state index contributed by atoms with van der Waals surface area (Å²) in [5.41, 5.74) is 0. The maximum Gasteiger partial charge on any atom is 0.102 e. The van der Waals surface area contributed by atoms with E-state index in [1.807, 2.05) is 0 Å². The smallest absolute Gasteiger partial charge is 0.102 e. The van der Waals surface area contributed by atoms with Gasteiger partial charge in [0.1, 0.15) is 6.54 Å². The van der Waals surface area contributed by atoms with Gasteiger partial charge in [0, 0.05) is 12.8 Å². The summed E-state index contributed by atoms with van der Waals surface area (Å²) < 4.78 is 1.05. The number of hydrogen-bond acceptors (Lipinski definition) is 2. The summed E-state index contributed by atoms with van der Waals surface area (Å²) in [6.07, 6.45) is 21.4. The molecule has 0 spiro atoms. The number of piperidine rings is 1. The number of aliphatic hydroxyl groups excluding tert-OH is 2. The second-order valence-electron chi connectivity index (χ2n) is 8.79. The quantitative estimate of drug-likeness (QED) is 0.265. The highest BCUT2D eigenvalue weighted by molar-refractivity contribution is 4.63. The van der Waals surface area contributed by atoms with Gasteiger partial charge in [0.05, 0.1) is 32.3 Å². The fourth-order valence-corrected chi connectivity index (χ4v) is 4.51. The second-order valence-corrected chi connectivity index (χ2v) is 8.79.